The topological polar surface area (TPSA) is 46.3 Å². The van der Waals surface area contributed by atoms with E-state index in [-0.39, 0.29) is 11.9 Å². The Morgan fingerprint density at radius 1 is 1.73 bits per heavy atom. The van der Waals surface area contributed by atoms with E-state index in [4.69, 9.17) is 18.0 Å². The van der Waals surface area contributed by atoms with E-state index in [9.17, 15) is 4.79 Å². The van der Waals surface area contributed by atoms with Crippen LogP contribution in [0.1, 0.15) is 20.3 Å². The molecule has 0 fully saturated rings. The Hall–Kier alpha value is -0.640. The van der Waals surface area contributed by atoms with Crippen LogP contribution in [0.25, 0.3) is 0 Å². The highest BCUT2D eigenvalue weighted by Gasteiger charge is 2.11. The van der Waals surface area contributed by atoms with Crippen molar-refractivity contribution < 1.29 is 4.79 Å². The van der Waals surface area contributed by atoms with Gasteiger partial charge in [0.2, 0.25) is 5.91 Å². The molecule has 0 radical (unpaired) electrons. The molecule has 1 unspecified atom stereocenters. The predicted octanol–water partition coefficient (Wildman–Crippen LogP) is 0.529. The number of rotatable bonds is 3. The average Bonchev–Trinajstić information content (AvgIpc) is 1.84. The summed E-state index contributed by atoms with van der Waals surface area (Å²) in [6.45, 7) is 3.44. The molecule has 3 nitrogen and oxygen atoms in total. The minimum absolute atomic E-state index is 0.0359. The van der Waals surface area contributed by atoms with Crippen LogP contribution in [0.15, 0.2) is 0 Å². The molecule has 0 spiro atoms. The van der Waals surface area contributed by atoms with Crippen LogP contribution in [-0.2, 0) is 4.79 Å². The Bertz CT molecular complexity index is 170. The normalized spacial score (nSPS) is 12.3. The number of thiocarbonyl (C=S) groups is 1. The minimum Gasteiger partial charge on any atom is -0.393 e. The van der Waals surface area contributed by atoms with Crippen LogP contribution in [0.3, 0.4) is 0 Å². The first kappa shape index (κ1) is 10.4. The van der Waals surface area contributed by atoms with Crippen LogP contribution in [0.4, 0.5) is 0 Å². The number of nitrogens with two attached hydrogens (primary N) is 1. The van der Waals surface area contributed by atoms with Crippen molar-refractivity contribution in [2.24, 2.45) is 5.73 Å². The van der Waals surface area contributed by atoms with Crippen molar-refractivity contribution in [1.82, 2.24) is 4.90 Å². The van der Waals surface area contributed by atoms with Crippen molar-refractivity contribution in [3.05, 3.63) is 0 Å². The van der Waals surface area contributed by atoms with Crippen LogP contribution in [0.5, 0.6) is 0 Å². The summed E-state index contributed by atoms with van der Waals surface area (Å²) in [4.78, 5) is 12.9. The molecule has 0 rings (SSSR count). The van der Waals surface area contributed by atoms with Gasteiger partial charge in [0.05, 0.1) is 4.99 Å². The third kappa shape index (κ3) is 3.93. The lowest BCUT2D eigenvalue weighted by atomic mass is 10.2. The quantitative estimate of drug-likeness (QED) is 0.635. The van der Waals surface area contributed by atoms with Gasteiger partial charge in [-0.25, -0.2) is 0 Å². The lowest BCUT2D eigenvalue weighted by Crippen LogP contribution is -2.35. The highest BCUT2D eigenvalue weighted by Crippen LogP contribution is 2.00. The molecule has 0 aromatic carbocycles. The molecule has 1 amide bonds. The van der Waals surface area contributed by atoms with Gasteiger partial charge >= 0.3 is 0 Å². The van der Waals surface area contributed by atoms with Crippen molar-refractivity contribution in [2.75, 3.05) is 7.05 Å². The Morgan fingerprint density at radius 2 is 2.18 bits per heavy atom. The predicted molar refractivity (Wildman–Crippen MR) is 49.3 cm³/mol. The molecular formula is C7H14N2OS. The van der Waals surface area contributed by atoms with E-state index in [0.717, 1.165) is 0 Å². The second-order valence-electron chi connectivity index (χ2n) is 2.65. The number of hydrogen-bond acceptors (Lipinski definition) is 2. The number of nitrogens with zero attached hydrogens (tertiary/aromatic N) is 1. The maximum atomic E-state index is 10.8. The summed E-state index contributed by atoms with van der Waals surface area (Å²) in [7, 11) is 1.74. The third-order valence-corrected chi connectivity index (χ3v) is 1.82. The summed E-state index contributed by atoms with van der Waals surface area (Å²) in [5.41, 5.74) is 5.32. The molecule has 0 bridgehead atoms. The minimum atomic E-state index is 0.0359. The average molecular weight is 174 g/mol. The molecule has 11 heavy (non-hydrogen) atoms. The van der Waals surface area contributed by atoms with Gasteiger partial charge in [0.25, 0.3) is 0 Å². The zero-order valence-electron chi connectivity index (χ0n) is 7.13. The molecule has 0 saturated carbocycles. The van der Waals surface area contributed by atoms with E-state index in [1.807, 2.05) is 6.92 Å². The van der Waals surface area contributed by atoms with E-state index < -0.39 is 0 Å². The van der Waals surface area contributed by atoms with E-state index in [1.54, 1.807) is 11.9 Å². The fraction of sp³-hybridized carbons (Fsp3) is 0.714. The largest absolute Gasteiger partial charge is 0.393 e. The first-order valence-electron chi connectivity index (χ1n) is 3.47. The number of carbonyl (C=O) groups excluding carboxylic acids is 1. The number of amides is 1. The highest BCUT2D eigenvalue weighted by molar-refractivity contribution is 7.80. The van der Waals surface area contributed by atoms with Gasteiger partial charge in [0, 0.05) is 26.4 Å². The summed E-state index contributed by atoms with van der Waals surface area (Å²) in [5, 5.41) is 0. The van der Waals surface area contributed by atoms with Crippen molar-refractivity contribution in [3.8, 4) is 0 Å². The summed E-state index contributed by atoms with van der Waals surface area (Å²) < 4.78 is 0. The molecule has 0 aliphatic carbocycles. The third-order valence-electron chi connectivity index (χ3n) is 1.65. The fourth-order valence-corrected chi connectivity index (χ4v) is 0.980. The number of hydrogen-bond donors (Lipinski definition) is 1. The van der Waals surface area contributed by atoms with Gasteiger partial charge in [-0.1, -0.05) is 12.2 Å². The zero-order chi connectivity index (χ0) is 9.02. The van der Waals surface area contributed by atoms with Crippen LogP contribution >= 0.6 is 12.2 Å². The number of carbonyl (C=O) groups is 1. The second-order valence-corrected chi connectivity index (χ2v) is 3.17. The van der Waals surface area contributed by atoms with E-state index >= 15 is 0 Å². The van der Waals surface area contributed by atoms with Crippen LogP contribution in [-0.4, -0.2) is 28.9 Å². The maximum Gasteiger partial charge on any atom is 0.219 e. The molecule has 0 aromatic rings. The Balaban J connectivity index is 3.92. The van der Waals surface area contributed by atoms with E-state index in [0.29, 0.717) is 11.4 Å². The summed E-state index contributed by atoms with van der Waals surface area (Å²) in [5.74, 6) is 0.0359. The fourth-order valence-electron chi connectivity index (χ4n) is 0.738. The molecule has 0 aliphatic heterocycles. The van der Waals surface area contributed by atoms with Gasteiger partial charge in [-0.3, -0.25) is 4.79 Å². The molecule has 0 aromatic heterocycles. The van der Waals surface area contributed by atoms with Crippen LogP contribution in [0.2, 0.25) is 0 Å². The molecule has 64 valence electrons. The zero-order valence-corrected chi connectivity index (χ0v) is 7.94. The summed E-state index contributed by atoms with van der Waals surface area (Å²) >= 11 is 4.72. The van der Waals surface area contributed by atoms with Gasteiger partial charge in [-0.15, -0.1) is 0 Å². The van der Waals surface area contributed by atoms with Crippen LogP contribution < -0.4 is 5.73 Å². The lowest BCUT2D eigenvalue weighted by molar-refractivity contribution is -0.129. The maximum absolute atomic E-state index is 10.8. The molecular weight excluding hydrogens is 160 g/mol. The first-order valence-corrected chi connectivity index (χ1v) is 3.87. The van der Waals surface area contributed by atoms with Crippen molar-refractivity contribution >= 4 is 23.1 Å². The Morgan fingerprint density at radius 3 is 2.45 bits per heavy atom. The van der Waals surface area contributed by atoms with Crippen LogP contribution in [0, 0.1) is 0 Å². The van der Waals surface area contributed by atoms with Crippen molar-refractivity contribution in [2.45, 2.75) is 26.3 Å². The first-order chi connectivity index (χ1) is 4.95. The van der Waals surface area contributed by atoms with Crippen molar-refractivity contribution in [3.63, 3.8) is 0 Å². The molecule has 0 saturated heterocycles. The Kier molecular flexibility index (Phi) is 4.03. The lowest BCUT2D eigenvalue weighted by Gasteiger charge is -2.22. The van der Waals surface area contributed by atoms with Gasteiger partial charge in [0.1, 0.15) is 0 Å². The second kappa shape index (κ2) is 4.28. The Labute approximate surface area is 72.5 Å². The van der Waals surface area contributed by atoms with Gasteiger partial charge in [0.15, 0.2) is 0 Å². The molecule has 4 heteroatoms. The molecule has 0 aliphatic rings. The molecule has 1 atom stereocenters. The summed E-state index contributed by atoms with van der Waals surface area (Å²) in [6.07, 6.45) is 0.589. The summed E-state index contributed by atoms with van der Waals surface area (Å²) in [6, 6.07) is 0.102. The monoisotopic (exact) mass is 174 g/mol. The SMILES string of the molecule is CC(=O)N(C)C(C)CC(N)=S. The van der Waals surface area contributed by atoms with Gasteiger partial charge in [-0.05, 0) is 6.92 Å². The smallest absolute Gasteiger partial charge is 0.219 e. The van der Waals surface area contributed by atoms with Gasteiger partial charge in [-0.2, -0.15) is 0 Å². The van der Waals surface area contributed by atoms with E-state index in [2.05, 4.69) is 0 Å². The van der Waals surface area contributed by atoms with Gasteiger partial charge < -0.3 is 10.6 Å². The van der Waals surface area contributed by atoms with E-state index in [1.165, 1.54) is 6.92 Å². The molecule has 0 heterocycles. The standard InChI is InChI=1S/C7H14N2OS/c1-5(4-7(8)11)9(3)6(2)10/h5H,4H2,1-3H3,(H2,8,11). The van der Waals surface area contributed by atoms with Crippen molar-refractivity contribution in [1.29, 1.82) is 0 Å². The molecule has 2 N–H and O–H groups in total. The highest BCUT2D eigenvalue weighted by atomic mass is 32.1.